The zero-order valence-corrected chi connectivity index (χ0v) is 23.0. The highest BCUT2D eigenvalue weighted by Gasteiger charge is 2.46. The van der Waals surface area contributed by atoms with Crippen molar-refractivity contribution in [3.05, 3.63) is 88.5 Å². The molecule has 1 fully saturated rings. The van der Waals surface area contributed by atoms with Gasteiger partial charge in [-0.15, -0.1) is 0 Å². The minimum Gasteiger partial charge on any atom is -0.507 e. The average Bonchev–Trinajstić information content (AvgIpc) is 3.18. The molecule has 8 nitrogen and oxygen atoms in total. The summed E-state index contributed by atoms with van der Waals surface area (Å²) in [6, 6.07) is 16.8. The van der Waals surface area contributed by atoms with Gasteiger partial charge in [-0.3, -0.25) is 9.59 Å². The first kappa shape index (κ1) is 27.6. The van der Waals surface area contributed by atoms with Crippen LogP contribution in [0.15, 0.2) is 66.2 Å². The Morgan fingerprint density at radius 2 is 1.54 bits per heavy atom. The number of ether oxygens (including phenoxy) is 4. The molecule has 1 aliphatic heterocycles. The number of benzene rings is 3. The third kappa shape index (κ3) is 5.55. The number of ketones is 1. The van der Waals surface area contributed by atoms with Gasteiger partial charge in [0, 0.05) is 12.1 Å². The van der Waals surface area contributed by atoms with Crippen LogP contribution < -0.4 is 18.9 Å². The fourth-order valence-corrected chi connectivity index (χ4v) is 4.69. The minimum atomic E-state index is -0.823. The molecule has 3 aromatic rings. The van der Waals surface area contributed by atoms with Gasteiger partial charge in [-0.05, 0) is 79.9 Å². The average molecular weight is 532 g/mol. The molecule has 8 heteroatoms. The van der Waals surface area contributed by atoms with Crippen LogP contribution in [0.4, 0.5) is 0 Å². The molecule has 39 heavy (non-hydrogen) atoms. The van der Waals surface area contributed by atoms with Gasteiger partial charge in [0.15, 0.2) is 11.5 Å². The maximum absolute atomic E-state index is 13.4. The molecular weight excluding hydrogens is 498 g/mol. The van der Waals surface area contributed by atoms with Gasteiger partial charge in [0.1, 0.15) is 17.3 Å². The van der Waals surface area contributed by atoms with Crippen molar-refractivity contribution in [2.24, 2.45) is 0 Å². The molecule has 1 amide bonds. The van der Waals surface area contributed by atoms with Gasteiger partial charge in [0.2, 0.25) is 0 Å². The van der Waals surface area contributed by atoms with Crippen LogP contribution in [0.3, 0.4) is 0 Å². The van der Waals surface area contributed by atoms with E-state index < -0.39 is 17.7 Å². The van der Waals surface area contributed by atoms with Gasteiger partial charge >= 0.3 is 0 Å². The van der Waals surface area contributed by atoms with Crippen LogP contribution in [-0.4, -0.2) is 49.1 Å². The zero-order valence-electron chi connectivity index (χ0n) is 23.0. The highest BCUT2D eigenvalue weighted by molar-refractivity contribution is 6.46. The molecule has 0 bridgehead atoms. The van der Waals surface area contributed by atoms with Crippen molar-refractivity contribution in [1.82, 2.24) is 4.90 Å². The first-order chi connectivity index (χ1) is 18.7. The summed E-state index contributed by atoms with van der Waals surface area (Å²) in [7, 11) is 4.64. The van der Waals surface area contributed by atoms with E-state index in [9.17, 15) is 14.7 Å². The number of likely N-dealkylation sites (tertiary alicyclic amines) is 1. The molecule has 1 saturated heterocycles. The summed E-state index contributed by atoms with van der Waals surface area (Å²) in [6.45, 7) is 5.84. The fraction of sp³-hybridized carbons (Fsp3) is 0.290. The van der Waals surface area contributed by atoms with Crippen molar-refractivity contribution in [1.29, 1.82) is 0 Å². The van der Waals surface area contributed by atoms with Crippen molar-refractivity contribution in [2.75, 3.05) is 21.3 Å². The number of hydrogen-bond acceptors (Lipinski definition) is 7. The maximum atomic E-state index is 13.4. The standard InChI is InChI=1S/C31H33NO7/c1-18(2)39-24-14-10-22(15-19(24)3)29(33)27-28(21-8-11-23(36-4)12-9-21)32(31(35)30(27)34)17-20-7-13-25(37-5)26(16-20)38-6/h7-16,18,28,33H,17H2,1-6H3/b29-27-. The normalized spacial score (nSPS) is 16.5. The lowest BCUT2D eigenvalue weighted by Gasteiger charge is -2.26. The summed E-state index contributed by atoms with van der Waals surface area (Å²) < 4.78 is 21.9. The van der Waals surface area contributed by atoms with E-state index in [1.807, 2.05) is 26.8 Å². The van der Waals surface area contributed by atoms with Crippen molar-refractivity contribution in [3.63, 3.8) is 0 Å². The van der Waals surface area contributed by atoms with E-state index in [4.69, 9.17) is 18.9 Å². The fourth-order valence-electron chi connectivity index (χ4n) is 4.69. The number of rotatable bonds is 9. The molecule has 3 aromatic carbocycles. The first-order valence-corrected chi connectivity index (χ1v) is 12.6. The van der Waals surface area contributed by atoms with Crippen LogP contribution in [0.1, 0.15) is 42.1 Å². The molecule has 0 aromatic heterocycles. The third-order valence-corrected chi connectivity index (χ3v) is 6.58. The number of hydrogen-bond donors (Lipinski definition) is 1. The van der Waals surface area contributed by atoms with E-state index in [1.54, 1.807) is 68.8 Å². The van der Waals surface area contributed by atoms with Gasteiger partial charge in [-0.2, -0.15) is 0 Å². The number of nitrogens with zero attached hydrogens (tertiary/aromatic N) is 1. The van der Waals surface area contributed by atoms with Crippen molar-refractivity contribution >= 4 is 17.4 Å². The van der Waals surface area contributed by atoms with E-state index in [2.05, 4.69) is 0 Å². The molecule has 1 unspecified atom stereocenters. The Hall–Kier alpha value is -4.46. The quantitative estimate of drug-likeness (QED) is 0.224. The second-order valence-corrected chi connectivity index (χ2v) is 9.54. The predicted molar refractivity (Wildman–Crippen MR) is 147 cm³/mol. The lowest BCUT2D eigenvalue weighted by Crippen LogP contribution is -2.29. The van der Waals surface area contributed by atoms with Crippen molar-refractivity contribution < 1.29 is 33.6 Å². The van der Waals surface area contributed by atoms with E-state index >= 15 is 0 Å². The Morgan fingerprint density at radius 1 is 0.872 bits per heavy atom. The number of amides is 1. The highest BCUT2D eigenvalue weighted by atomic mass is 16.5. The van der Waals surface area contributed by atoms with E-state index in [0.717, 1.165) is 11.1 Å². The molecule has 1 atom stereocenters. The van der Waals surface area contributed by atoms with Crippen molar-refractivity contribution in [3.8, 4) is 23.0 Å². The predicted octanol–water partition coefficient (Wildman–Crippen LogP) is 5.43. The SMILES string of the molecule is COc1ccc(C2/C(=C(/O)c3ccc(OC(C)C)c(C)c3)C(=O)C(=O)N2Cc2ccc(OC)c(OC)c2)cc1. The van der Waals surface area contributed by atoms with E-state index in [-0.39, 0.29) is 24.0 Å². The van der Waals surface area contributed by atoms with Crippen LogP contribution in [0, 0.1) is 6.92 Å². The molecule has 0 saturated carbocycles. The minimum absolute atomic E-state index is 0.0138. The summed E-state index contributed by atoms with van der Waals surface area (Å²) in [5, 5.41) is 11.5. The molecule has 0 aliphatic carbocycles. The number of aryl methyl sites for hydroxylation is 1. The molecule has 204 valence electrons. The van der Waals surface area contributed by atoms with Gasteiger partial charge in [0.05, 0.1) is 39.0 Å². The Balaban J connectivity index is 1.82. The van der Waals surface area contributed by atoms with E-state index in [1.165, 1.54) is 12.0 Å². The number of carbonyl (C=O) groups excluding carboxylic acids is 2. The Bertz CT molecular complexity index is 1410. The van der Waals surface area contributed by atoms with Gasteiger partial charge in [-0.25, -0.2) is 0 Å². The van der Waals surface area contributed by atoms with Crippen LogP contribution in [0.5, 0.6) is 23.0 Å². The largest absolute Gasteiger partial charge is 0.507 e. The van der Waals surface area contributed by atoms with Gasteiger partial charge < -0.3 is 29.0 Å². The summed E-state index contributed by atoms with van der Waals surface area (Å²) in [5.41, 5.74) is 2.63. The second-order valence-electron chi connectivity index (χ2n) is 9.54. The molecular formula is C31H33NO7. The Morgan fingerprint density at radius 3 is 2.13 bits per heavy atom. The van der Waals surface area contributed by atoms with Gasteiger partial charge in [0.25, 0.3) is 11.7 Å². The number of methoxy groups -OCH3 is 3. The summed E-state index contributed by atoms with van der Waals surface area (Å²) in [6.07, 6.45) is -0.0138. The monoisotopic (exact) mass is 531 g/mol. The maximum Gasteiger partial charge on any atom is 0.295 e. The van der Waals surface area contributed by atoms with Crippen LogP contribution in [0.25, 0.3) is 5.76 Å². The van der Waals surface area contributed by atoms with Crippen LogP contribution >= 0.6 is 0 Å². The molecule has 1 heterocycles. The lowest BCUT2D eigenvalue weighted by molar-refractivity contribution is -0.140. The molecule has 0 spiro atoms. The first-order valence-electron chi connectivity index (χ1n) is 12.6. The molecule has 4 rings (SSSR count). The lowest BCUT2D eigenvalue weighted by atomic mass is 9.94. The molecule has 1 N–H and O–H groups in total. The third-order valence-electron chi connectivity index (χ3n) is 6.58. The summed E-state index contributed by atoms with van der Waals surface area (Å²) in [4.78, 5) is 28.3. The second kappa shape index (κ2) is 11.5. The molecule has 1 aliphatic rings. The topological polar surface area (TPSA) is 94.5 Å². The van der Waals surface area contributed by atoms with Crippen LogP contribution in [0.2, 0.25) is 0 Å². The number of aliphatic hydroxyl groups excluding tert-OH is 1. The number of aliphatic hydroxyl groups is 1. The van der Waals surface area contributed by atoms with Crippen LogP contribution in [-0.2, 0) is 16.1 Å². The Labute approximate surface area is 228 Å². The highest BCUT2D eigenvalue weighted by Crippen LogP contribution is 2.41. The van der Waals surface area contributed by atoms with Crippen molar-refractivity contribution in [2.45, 2.75) is 39.5 Å². The smallest absolute Gasteiger partial charge is 0.295 e. The number of Topliss-reactive ketones (excluding diaryl/α,β-unsaturated/α-hetero) is 1. The summed E-state index contributed by atoms with van der Waals surface area (Å²) >= 11 is 0. The van der Waals surface area contributed by atoms with E-state index in [0.29, 0.717) is 34.1 Å². The number of carbonyl (C=O) groups is 2. The Kier molecular flexibility index (Phi) is 8.14. The summed E-state index contributed by atoms with van der Waals surface area (Å²) in [5.74, 6) is 0.664. The molecule has 0 radical (unpaired) electrons. The van der Waals surface area contributed by atoms with Gasteiger partial charge in [-0.1, -0.05) is 18.2 Å². The zero-order chi connectivity index (χ0) is 28.3.